The van der Waals surface area contributed by atoms with Crippen LogP contribution in [-0.4, -0.2) is 44.0 Å². The van der Waals surface area contributed by atoms with Crippen LogP contribution in [0.25, 0.3) is 0 Å². The third kappa shape index (κ3) is 5.11. The smallest absolute Gasteiger partial charge is 0.323 e. The Kier molecular flexibility index (Phi) is 8.46. The summed E-state index contributed by atoms with van der Waals surface area (Å²) in [5.41, 5.74) is 2.63. The molecular formula is C41H37NO6. The monoisotopic (exact) mass is 639 g/mol. The van der Waals surface area contributed by atoms with Gasteiger partial charge >= 0.3 is 5.97 Å². The number of ketones is 1. The summed E-state index contributed by atoms with van der Waals surface area (Å²) in [6, 6.07) is 41.2. The number of hydrogen-bond acceptors (Lipinski definition) is 7. The predicted molar refractivity (Wildman–Crippen MR) is 182 cm³/mol. The third-order valence-electron chi connectivity index (χ3n) is 9.83. The number of esters is 1. The molecule has 1 saturated heterocycles. The van der Waals surface area contributed by atoms with Crippen LogP contribution in [0.2, 0.25) is 0 Å². The van der Waals surface area contributed by atoms with Gasteiger partial charge in [-0.2, -0.15) is 0 Å². The number of carbonyl (C=O) groups is 2. The van der Waals surface area contributed by atoms with Gasteiger partial charge in [-0.3, -0.25) is 14.5 Å². The molecule has 2 aliphatic rings. The van der Waals surface area contributed by atoms with Crippen molar-refractivity contribution in [3.63, 3.8) is 0 Å². The first kappa shape index (κ1) is 31.2. The molecule has 5 atom stereocenters. The molecule has 7 rings (SSSR count). The van der Waals surface area contributed by atoms with E-state index < -0.39 is 35.5 Å². The van der Waals surface area contributed by atoms with Crippen molar-refractivity contribution in [2.45, 2.75) is 30.7 Å². The Hall–Kier alpha value is -5.40. The molecule has 7 nitrogen and oxygen atoms in total. The van der Waals surface area contributed by atoms with Gasteiger partial charge in [0.15, 0.2) is 5.78 Å². The second-order valence-corrected chi connectivity index (χ2v) is 12.2. The van der Waals surface area contributed by atoms with E-state index in [0.29, 0.717) is 29.4 Å². The molecule has 1 spiro atoms. The first-order chi connectivity index (χ1) is 23.5. The van der Waals surface area contributed by atoms with Crippen molar-refractivity contribution >= 4 is 11.8 Å². The number of carbonyl (C=O) groups excluding carboxylic acids is 2. The zero-order valence-electron chi connectivity index (χ0n) is 27.1. The van der Waals surface area contributed by atoms with Crippen LogP contribution in [0.1, 0.15) is 50.7 Å². The van der Waals surface area contributed by atoms with Crippen molar-refractivity contribution in [1.29, 1.82) is 0 Å². The Balaban J connectivity index is 1.60. The van der Waals surface area contributed by atoms with Gasteiger partial charge in [-0.05, 0) is 58.7 Å². The molecule has 2 heterocycles. The van der Waals surface area contributed by atoms with Gasteiger partial charge in [0.05, 0.1) is 32.9 Å². The highest BCUT2D eigenvalue weighted by atomic mass is 16.5. The number of likely N-dealkylation sites (tertiary alicyclic amines) is 1. The molecule has 0 aliphatic carbocycles. The summed E-state index contributed by atoms with van der Waals surface area (Å²) in [5.74, 6) is 0.653. The predicted octanol–water partition coefficient (Wildman–Crippen LogP) is 7.59. The highest BCUT2D eigenvalue weighted by molar-refractivity contribution is 6.06. The fourth-order valence-corrected chi connectivity index (χ4v) is 7.83. The van der Waals surface area contributed by atoms with Gasteiger partial charge in [-0.25, -0.2) is 0 Å². The molecule has 0 bridgehead atoms. The van der Waals surface area contributed by atoms with E-state index in [0.717, 1.165) is 22.3 Å². The highest BCUT2D eigenvalue weighted by Crippen LogP contribution is 2.67. The van der Waals surface area contributed by atoms with Crippen molar-refractivity contribution < 1.29 is 28.5 Å². The number of nitrogens with zero attached hydrogens (tertiary/aromatic N) is 1. The number of methoxy groups -OCH3 is 3. The number of benzene rings is 5. The molecule has 48 heavy (non-hydrogen) atoms. The number of hydrogen-bond donors (Lipinski definition) is 0. The van der Waals surface area contributed by atoms with E-state index in [2.05, 4.69) is 4.90 Å². The van der Waals surface area contributed by atoms with Crippen LogP contribution < -0.4 is 14.2 Å². The van der Waals surface area contributed by atoms with Crippen LogP contribution in [-0.2, 0) is 16.1 Å². The second kappa shape index (κ2) is 13.0. The minimum atomic E-state index is -1.34. The van der Waals surface area contributed by atoms with Gasteiger partial charge < -0.3 is 18.9 Å². The maximum Gasteiger partial charge on any atom is 0.323 e. The van der Waals surface area contributed by atoms with E-state index >= 15 is 4.79 Å². The quantitative estimate of drug-likeness (QED) is 0.162. The van der Waals surface area contributed by atoms with Gasteiger partial charge in [-0.1, -0.05) is 97.1 Å². The van der Waals surface area contributed by atoms with Crippen LogP contribution in [0, 0.1) is 5.41 Å². The van der Waals surface area contributed by atoms with Gasteiger partial charge in [0.25, 0.3) is 0 Å². The summed E-state index contributed by atoms with van der Waals surface area (Å²) in [7, 11) is 4.65. The SMILES string of the molecule is COC(=O)[C@@H]1[C@@H](c2ccc(OC)cc2)[C@]2(C(=O)c3ccccc3O[C@H]2c2ccccc2)[C@H](c2ccc(OC)cc2)N1Cc1ccccc1. The number of para-hydroxylation sites is 1. The van der Waals surface area contributed by atoms with Crippen LogP contribution in [0.3, 0.4) is 0 Å². The summed E-state index contributed by atoms with van der Waals surface area (Å²) < 4.78 is 23.7. The van der Waals surface area contributed by atoms with Gasteiger partial charge in [0, 0.05) is 12.5 Å². The van der Waals surface area contributed by atoms with Crippen molar-refractivity contribution in [3.05, 3.63) is 161 Å². The number of fused-ring (bicyclic) bond motifs is 1. The summed E-state index contributed by atoms with van der Waals surface area (Å²) in [5, 5.41) is 0. The molecule has 2 aliphatic heterocycles. The summed E-state index contributed by atoms with van der Waals surface area (Å²) >= 11 is 0. The van der Waals surface area contributed by atoms with Crippen molar-refractivity contribution in [1.82, 2.24) is 4.90 Å². The molecular weight excluding hydrogens is 602 g/mol. The fraction of sp³-hybridized carbons (Fsp3) is 0.220. The first-order valence-electron chi connectivity index (χ1n) is 16.0. The number of rotatable bonds is 8. The van der Waals surface area contributed by atoms with E-state index in [1.54, 1.807) is 14.2 Å². The second-order valence-electron chi connectivity index (χ2n) is 12.2. The Labute approximate surface area is 280 Å². The topological polar surface area (TPSA) is 74.3 Å². The van der Waals surface area contributed by atoms with Crippen molar-refractivity contribution in [3.8, 4) is 17.2 Å². The third-order valence-corrected chi connectivity index (χ3v) is 9.83. The van der Waals surface area contributed by atoms with Crippen LogP contribution in [0.15, 0.2) is 133 Å². The lowest BCUT2D eigenvalue weighted by Crippen LogP contribution is -2.50. The van der Waals surface area contributed by atoms with Crippen molar-refractivity contribution in [2.75, 3.05) is 21.3 Å². The Morgan fingerprint density at radius 3 is 1.85 bits per heavy atom. The maximum atomic E-state index is 15.8. The summed E-state index contributed by atoms with van der Waals surface area (Å²) in [4.78, 5) is 32.3. The lowest BCUT2D eigenvalue weighted by atomic mass is 9.58. The molecule has 0 saturated carbocycles. The molecule has 0 aromatic heterocycles. The molecule has 5 aromatic rings. The van der Waals surface area contributed by atoms with E-state index in [4.69, 9.17) is 18.9 Å². The maximum absolute atomic E-state index is 15.8. The lowest BCUT2D eigenvalue weighted by molar-refractivity contribution is -0.147. The van der Waals surface area contributed by atoms with E-state index in [-0.39, 0.29) is 5.78 Å². The standard InChI is InChI=1S/C41H37NO6/c1-45-31-22-18-28(19-23-31)35-36(40(44)47-3)42(26-27-12-6-4-7-13-27)37(29-20-24-32(46-2)25-21-29)41(35)38(43)33-16-10-11-17-34(33)48-39(41)30-14-8-5-9-15-30/h4-25,35-37,39H,26H2,1-3H3/t35-,36+,37+,39+,41-/m1/s1. The van der Waals surface area contributed by atoms with E-state index in [1.165, 1.54) is 7.11 Å². The Morgan fingerprint density at radius 1 is 0.688 bits per heavy atom. The largest absolute Gasteiger partial charge is 0.497 e. The highest BCUT2D eigenvalue weighted by Gasteiger charge is 2.71. The van der Waals surface area contributed by atoms with E-state index in [1.807, 2.05) is 133 Å². The molecule has 0 N–H and O–H groups in total. The summed E-state index contributed by atoms with van der Waals surface area (Å²) in [6.45, 7) is 0.377. The zero-order chi connectivity index (χ0) is 33.3. The molecule has 0 radical (unpaired) electrons. The molecule has 5 aromatic carbocycles. The number of ether oxygens (including phenoxy) is 4. The number of Topliss-reactive ketones (excluding diaryl/α,β-unsaturated/α-hetero) is 1. The first-order valence-corrected chi connectivity index (χ1v) is 16.0. The fourth-order valence-electron chi connectivity index (χ4n) is 7.83. The van der Waals surface area contributed by atoms with Gasteiger partial charge in [-0.15, -0.1) is 0 Å². The van der Waals surface area contributed by atoms with E-state index in [9.17, 15) is 4.79 Å². The molecule has 7 heteroatoms. The summed E-state index contributed by atoms with van der Waals surface area (Å²) in [6.07, 6.45) is -0.770. The van der Waals surface area contributed by atoms with Crippen LogP contribution in [0.5, 0.6) is 17.2 Å². The molecule has 242 valence electrons. The minimum Gasteiger partial charge on any atom is -0.497 e. The average Bonchev–Trinajstić information content (AvgIpc) is 3.44. The molecule has 1 fully saturated rings. The van der Waals surface area contributed by atoms with Gasteiger partial charge in [0.1, 0.15) is 34.8 Å². The molecule has 0 amide bonds. The van der Waals surface area contributed by atoms with Crippen LogP contribution in [0.4, 0.5) is 0 Å². The van der Waals surface area contributed by atoms with Crippen molar-refractivity contribution in [2.24, 2.45) is 5.41 Å². The van der Waals surface area contributed by atoms with Crippen LogP contribution >= 0.6 is 0 Å². The Morgan fingerprint density at radius 2 is 1.25 bits per heavy atom. The molecule has 0 unspecified atom stereocenters. The minimum absolute atomic E-state index is 0.0932. The average molecular weight is 640 g/mol. The zero-order valence-corrected chi connectivity index (χ0v) is 27.1. The van der Waals surface area contributed by atoms with Gasteiger partial charge in [0.2, 0.25) is 0 Å². The lowest BCUT2D eigenvalue weighted by Gasteiger charge is -2.48. The Bertz CT molecular complexity index is 1890. The normalized spacial score (nSPS) is 23.3.